The summed E-state index contributed by atoms with van der Waals surface area (Å²) in [5.41, 5.74) is -0.278. The van der Waals surface area contributed by atoms with Gasteiger partial charge >= 0.3 is 6.03 Å². The van der Waals surface area contributed by atoms with Crippen molar-refractivity contribution in [2.24, 2.45) is 11.3 Å². The number of aliphatic hydroxyl groups is 1. The lowest BCUT2D eigenvalue weighted by Crippen LogP contribution is -2.69. The molecule has 4 unspecified atom stereocenters. The van der Waals surface area contributed by atoms with E-state index in [2.05, 4.69) is 31.4 Å². The van der Waals surface area contributed by atoms with Gasteiger partial charge in [0.2, 0.25) is 0 Å². The first-order valence-corrected chi connectivity index (χ1v) is 6.91. The Labute approximate surface area is 116 Å². The maximum absolute atomic E-state index is 11.9. The molecule has 112 valence electrons. The van der Waals surface area contributed by atoms with Crippen LogP contribution in [0.4, 0.5) is 4.79 Å². The molecule has 0 radical (unpaired) electrons. The van der Waals surface area contributed by atoms with Gasteiger partial charge < -0.3 is 20.5 Å². The van der Waals surface area contributed by atoms with E-state index in [0.29, 0.717) is 0 Å². The van der Waals surface area contributed by atoms with Crippen LogP contribution < -0.4 is 10.6 Å². The number of hydrogen-bond acceptors (Lipinski definition) is 3. The minimum absolute atomic E-state index is 0.0457. The van der Waals surface area contributed by atoms with Crippen molar-refractivity contribution >= 4 is 6.03 Å². The molecule has 0 spiro atoms. The molecule has 2 amide bonds. The number of hydrogen-bond donors (Lipinski definition) is 3. The van der Waals surface area contributed by atoms with Crippen molar-refractivity contribution < 1.29 is 14.6 Å². The number of carbonyl (C=O) groups excluding carboxylic acids is 1. The van der Waals surface area contributed by atoms with Gasteiger partial charge in [-0.1, -0.05) is 20.8 Å². The zero-order valence-corrected chi connectivity index (χ0v) is 12.9. The third-order valence-electron chi connectivity index (χ3n) is 5.08. The third kappa shape index (κ3) is 3.03. The lowest BCUT2D eigenvalue weighted by Gasteiger charge is -2.59. The Morgan fingerprint density at radius 1 is 1.42 bits per heavy atom. The molecule has 1 aliphatic carbocycles. The Balaban J connectivity index is 2.48. The van der Waals surface area contributed by atoms with E-state index < -0.39 is 0 Å². The molecule has 1 rings (SSSR count). The lowest BCUT2D eigenvalue weighted by atomic mass is 9.56. The summed E-state index contributed by atoms with van der Waals surface area (Å²) in [6.45, 7) is 10.1. The van der Waals surface area contributed by atoms with Gasteiger partial charge in [0, 0.05) is 31.2 Å². The van der Waals surface area contributed by atoms with Gasteiger partial charge in [0.05, 0.1) is 5.60 Å². The number of amides is 2. The molecule has 0 bridgehead atoms. The SMILES string of the molecule is COC1(C)CC(NC(=O)NC(C)C(C)CO)C1(C)C. The summed E-state index contributed by atoms with van der Waals surface area (Å²) in [6.07, 6.45) is 0.813. The van der Waals surface area contributed by atoms with Gasteiger partial charge in [0.15, 0.2) is 0 Å². The maximum Gasteiger partial charge on any atom is 0.315 e. The van der Waals surface area contributed by atoms with Gasteiger partial charge in [-0.05, 0) is 26.2 Å². The monoisotopic (exact) mass is 272 g/mol. The van der Waals surface area contributed by atoms with E-state index in [1.807, 2.05) is 13.8 Å². The summed E-state index contributed by atoms with van der Waals surface area (Å²) in [5, 5.41) is 14.9. The number of urea groups is 1. The summed E-state index contributed by atoms with van der Waals surface area (Å²) in [4.78, 5) is 11.9. The third-order valence-corrected chi connectivity index (χ3v) is 5.08. The fourth-order valence-corrected chi connectivity index (χ4v) is 2.43. The summed E-state index contributed by atoms with van der Waals surface area (Å²) in [6, 6.07) is -0.125. The molecular weight excluding hydrogens is 244 g/mol. The molecule has 5 heteroatoms. The Morgan fingerprint density at radius 2 is 2.00 bits per heavy atom. The van der Waals surface area contributed by atoms with Crippen LogP contribution in [0.2, 0.25) is 0 Å². The van der Waals surface area contributed by atoms with Crippen molar-refractivity contribution in [1.29, 1.82) is 0 Å². The van der Waals surface area contributed by atoms with Crippen LogP contribution >= 0.6 is 0 Å². The summed E-state index contributed by atoms with van der Waals surface area (Å²) in [5.74, 6) is 0.0457. The smallest absolute Gasteiger partial charge is 0.315 e. The predicted molar refractivity (Wildman–Crippen MR) is 75.0 cm³/mol. The molecule has 0 aliphatic heterocycles. The van der Waals surface area contributed by atoms with Gasteiger partial charge in [-0.25, -0.2) is 4.79 Å². The van der Waals surface area contributed by atoms with Crippen molar-refractivity contribution in [1.82, 2.24) is 10.6 Å². The highest BCUT2D eigenvalue weighted by Gasteiger charge is 2.58. The van der Waals surface area contributed by atoms with E-state index in [-0.39, 0.29) is 41.7 Å². The number of methoxy groups -OCH3 is 1. The normalized spacial score (nSPS) is 32.1. The highest BCUT2D eigenvalue weighted by molar-refractivity contribution is 5.75. The Bertz CT molecular complexity index is 333. The average molecular weight is 272 g/mol. The van der Waals surface area contributed by atoms with Gasteiger partial charge in [0.1, 0.15) is 0 Å². The fourth-order valence-electron chi connectivity index (χ4n) is 2.43. The minimum Gasteiger partial charge on any atom is -0.396 e. The van der Waals surface area contributed by atoms with E-state index in [1.165, 1.54) is 0 Å². The van der Waals surface area contributed by atoms with Crippen molar-refractivity contribution in [3.8, 4) is 0 Å². The molecule has 1 fully saturated rings. The molecule has 0 aromatic rings. The standard InChI is InChI=1S/C14H28N2O3/c1-9(8-17)10(2)15-12(18)16-11-7-14(5,19-6)13(11,3)4/h9-11,17H,7-8H2,1-6H3,(H2,15,16,18). The first-order valence-electron chi connectivity index (χ1n) is 6.91. The molecule has 1 aliphatic rings. The van der Waals surface area contributed by atoms with Gasteiger partial charge in [-0.3, -0.25) is 0 Å². The Hall–Kier alpha value is -0.810. The van der Waals surface area contributed by atoms with Crippen molar-refractivity contribution in [3.05, 3.63) is 0 Å². The molecule has 0 heterocycles. The quantitative estimate of drug-likeness (QED) is 0.710. The molecule has 0 aromatic heterocycles. The van der Waals surface area contributed by atoms with Crippen LogP contribution in [-0.2, 0) is 4.74 Å². The number of aliphatic hydroxyl groups excluding tert-OH is 1. The minimum atomic E-state index is -0.186. The predicted octanol–water partition coefficient (Wildman–Crippen LogP) is 1.51. The zero-order chi connectivity index (χ0) is 14.8. The maximum atomic E-state index is 11.9. The lowest BCUT2D eigenvalue weighted by molar-refractivity contribution is -0.177. The Morgan fingerprint density at radius 3 is 2.42 bits per heavy atom. The topological polar surface area (TPSA) is 70.6 Å². The van der Waals surface area contributed by atoms with Crippen LogP contribution in [0.3, 0.4) is 0 Å². The summed E-state index contributed by atoms with van der Waals surface area (Å²) in [7, 11) is 1.71. The molecule has 0 saturated heterocycles. The summed E-state index contributed by atoms with van der Waals surface area (Å²) < 4.78 is 5.53. The molecular formula is C14H28N2O3. The average Bonchev–Trinajstić information content (AvgIpc) is 2.36. The van der Waals surface area contributed by atoms with E-state index in [4.69, 9.17) is 9.84 Å². The van der Waals surface area contributed by atoms with Crippen LogP contribution in [0.15, 0.2) is 0 Å². The van der Waals surface area contributed by atoms with Crippen LogP contribution in [0.1, 0.15) is 41.0 Å². The highest BCUT2D eigenvalue weighted by atomic mass is 16.5. The number of nitrogens with one attached hydrogen (secondary N) is 2. The van der Waals surface area contributed by atoms with E-state index in [1.54, 1.807) is 7.11 Å². The number of carbonyl (C=O) groups is 1. The molecule has 19 heavy (non-hydrogen) atoms. The molecule has 3 N–H and O–H groups in total. The second-order valence-corrected chi connectivity index (χ2v) is 6.48. The van der Waals surface area contributed by atoms with E-state index in [9.17, 15) is 4.79 Å². The van der Waals surface area contributed by atoms with Crippen LogP contribution in [0.5, 0.6) is 0 Å². The first kappa shape index (κ1) is 16.2. The summed E-state index contributed by atoms with van der Waals surface area (Å²) >= 11 is 0. The van der Waals surface area contributed by atoms with Crippen molar-refractivity contribution in [2.45, 2.75) is 58.7 Å². The number of ether oxygens (including phenoxy) is 1. The first-order chi connectivity index (χ1) is 8.67. The molecule has 4 atom stereocenters. The Kier molecular flexibility index (Phi) is 4.85. The largest absolute Gasteiger partial charge is 0.396 e. The molecule has 5 nitrogen and oxygen atoms in total. The van der Waals surface area contributed by atoms with E-state index >= 15 is 0 Å². The van der Waals surface area contributed by atoms with E-state index in [0.717, 1.165) is 6.42 Å². The van der Waals surface area contributed by atoms with Crippen molar-refractivity contribution in [2.75, 3.05) is 13.7 Å². The van der Waals surface area contributed by atoms with Crippen LogP contribution in [0.25, 0.3) is 0 Å². The molecule has 0 aromatic carbocycles. The highest BCUT2D eigenvalue weighted by Crippen LogP contribution is 2.51. The second kappa shape index (κ2) is 5.67. The van der Waals surface area contributed by atoms with Gasteiger partial charge in [-0.15, -0.1) is 0 Å². The van der Waals surface area contributed by atoms with Crippen molar-refractivity contribution in [3.63, 3.8) is 0 Å². The van der Waals surface area contributed by atoms with Gasteiger partial charge in [-0.2, -0.15) is 0 Å². The zero-order valence-electron chi connectivity index (χ0n) is 12.9. The molecule has 1 saturated carbocycles. The fraction of sp³-hybridized carbons (Fsp3) is 0.929. The number of rotatable bonds is 5. The van der Waals surface area contributed by atoms with Crippen LogP contribution in [0, 0.1) is 11.3 Å². The van der Waals surface area contributed by atoms with Gasteiger partial charge in [0.25, 0.3) is 0 Å². The second-order valence-electron chi connectivity index (χ2n) is 6.48. The van der Waals surface area contributed by atoms with Crippen LogP contribution in [-0.4, -0.2) is 42.5 Å².